The van der Waals surface area contributed by atoms with E-state index < -0.39 is 17.7 Å². The first-order valence-electron chi connectivity index (χ1n) is 12.5. The first kappa shape index (κ1) is 25.0. The van der Waals surface area contributed by atoms with E-state index in [1.54, 1.807) is 27.9 Å². The molecule has 35 heavy (non-hydrogen) atoms. The molecule has 0 unspecified atom stereocenters. The van der Waals surface area contributed by atoms with Crippen LogP contribution in [0.2, 0.25) is 0 Å². The topological polar surface area (TPSA) is 68.7 Å². The number of carbonyl (C=O) groups excluding carboxylic acids is 2. The fourth-order valence-corrected chi connectivity index (χ4v) is 4.45. The van der Waals surface area contributed by atoms with E-state index in [9.17, 15) is 9.59 Å². The van der Waals surface area contributed by atoms with Gasteiger partial charge in [0.05, 0.1) is 18.8 Å². The first-order chi connectivity index (χ1) is 16.6. The smallest absolute Gasteiger partial charge is 0.417 e. The number of hydrogen-bond acceptors (Lipinski definition) is 5. The maximum atomic E-state index is 12.9. The van der Waals surface area contributed by atoms with Crippen LogP contribution in [-0.4, -0.2) is 40.6 Å². The molecule has 6 heteroatoms. The van der Waals surface area contributed by atoms with Crippen molar-refractivity contribution in [2.75, 3.05) is 7.11 Å². The van der Waals surface area contributed by atoms with Crippen LogP contribution < -0.4 is 4.74 Å². The SMILES string of the molecule is COc1nc(/C(=C\[C@H]2CCC(=O)N2C(=O)OC(C)(C)C)c2ccc(C(C)C)cc2)ccc1C1CC1. The lowest BCUT2D eigenvalue weighted by Gasteiger charge is -2.26. The summed E-state index contributed by atoms with van der Waals surface area (Å²) in [5.41, 5.74) is 4.30. The Balaban J connectivity index is 1.76. The highest BCUT2D eigenvalue weighted by atomic mass is 16.6. The molecule has 2 amide bonds. The Labute approximate surface area is 208 Å². The van der Waals surface area contributed by atoms with Gasteiger partial charge in [0, 0.05) is 17.6 Å². The largest absolute Gasteiger partial charge is 0.481 e. The summed E-state index contributed by atoms with van der Waals surface area (Å²) in [6, 6.07) is 12.1. The summed E-state index contributed by atoms with van der Waals surface area (Å²) in [6.07, 6.45) is 4.54. The van der Waals surface area contributed by atoms with Crippen molar-refractivity contribution in [1.29, 1.82) is 0 Å². The molecule has 1 atom stereocenters. The molecule has 0 radical (unpaired) electrons. The summed E-state index contributed by atoms with van der Waals surface area (Å²) in [4.78, 5) is 31.7. The molecule has 2 aromatic rings. The van der Waals surface area contributed by atoms with Crippen LogP contribution in [0.4, 0.5) is 4.79 Å². The molecule has 1 saturated heterocycles. The van der Waals surface area contributed by atoms with E-state index in [1.807, 2.05) is 12.1 Å². The van der Waals surface area contributed by atoms with E-state index in [0.717, 1.165) is 35.2 Å². The Morgan fingerprint density at radius 3 is 2.34 bits per heavy atom. The first-order valence-corrected chi connectivity index (χ1v) is 12.5. The Morgan fingerprint density at radius 2 is 1.77 bits per heavy atom. The minimum atomic E-state index is -0.683. The molecule has 1 saturated carbocycles. The van der Waals surface area contributed by atoms with E-state index in [-0.39, 0.29) is 5.91 Å². The second-order valence-electron chi connectivity index (χ2n) is 10.8. The van der Waals surface area contributed by atoms with Gasteiger partial charge in [0.1, 0.15) is 5.60 Å². The number of nitrogens with zero attached hydrogens (tertiary/aromatic N) is 2. The van der Waals surface area contributed by atoms with Gasteiger partial charge >= 0.3 is 6.09 Å². The maximum Gasteiger partial charge on any atom is 0.417 e. The molecule has 2 aliphatic rings. The molecule has 1 aliphatic carbocycles. The molecule has 0 bridgehead atoms. The average Bonchev–Trinajstić information content (AvgIpc) is 3.58. The quantitative estimate of drug-likeness (QED) is 0.479. The highest BCUT2D eigenvalue weighted by Gasteiger charge is 2.38. The fourth-order valence-electron chi connectivity index (χ4n) is 4.45. The van der Waals surface area contributed by atoms with Crippen LogP contribution in [0.15, 0.2) is 42.5 Å². The lowest BCUT2D eigenvalue weighted by Crippen LogP contribution is -2.41. The maximum absolute atomic E-state index is 12.9. The number of hydrogen-bond donors (Lipinski definition) is 0. The number of likely N-dealkylation sites (tertiary alicyclic amines) is 1. The molecule has 1 aliphatic heterocycles. The van der Waals surface area contributed by atoms with Crippen molar-refractivity contribution >= 4 is 17.6 Å². The summed E-state index contributed by atoms with van der Waals surface area (Å²) in [5, 5.41) is 0. The average molecular weight is 477 g/mol. The van der Waals surface area contributed by atoms with Gasteiger partial charge in [0.2, 0.25) is 11.8 Å². The number of benzene rings is 1. The van der Waals surface area contributed by atoms with Gasteiger partial charge < -0.3 is 9.47 Å². The van der Waals surface area contributed by atoms with Crippen molar-refractivity contribution < 1.29 is 19.1 Å². The number of carbonyl (C=O) groups is 2. The lowest BCUT2D eigenvalue weighted by molar-refractivity contribution is -0.127. The number of ether oxygens (including phenoxy) is 2. The number of aromatic nitrogens is 1. The Bertz CT molecular complexity index is 1120. The highest BCUT2D eigenvalue weighted by molar-refractivity contribution is 5.95. The summed E-state index contributed by atoms with van der Waals surface area (Å²) in [6.45, 7) is 9.73. The van der Waals surface area contributed by atoms with Crippen LogP contribution in [0.25, 0.3) is 5.57 Å². The Hall–Kier alpha value is -3.15. The predicted molar refractivity (Wildman–Crippen MR) is 136 cm³/mol. The van der Waals surface area contributed by atoms with Crippen LogP contribution in [-0.2, 0) is 9.53 Å². The molecule has 186 valence electrons. The van der Waals surface area contributed by atoms with Gasteiger partial charge in [-0.3, -0.25) is 4.79 Å². The molecule has 2 fully saturated rings. The van der Waals surface area contributed by atoms with Crippen molar-refractivity contribution in [1.82, 2.24) is 9.88 Å². The number of imide groups is 1. The number of amides is 2. The zero-order chi connectivity index (χ0) is 25.3. The van der Waals surface area contributed by atoms with Crippen molar-refractivity contribution in [3.8, 4) is 5.88 Å². The van der Waals surface area contributed by atoms with Crippen LogP contribution in [0.1, 0.15) is 94.5 Å². The van der Waals surface area contributed by atoms with E-state index >= 15 is 0 Å². The second kappa shape index (κ2) is 9.84. The highest BCUT2D eigenvalue weighted by Crippen LogP contribution is 2.44. The van der Waals surface area contributed by atoms with E-state index in [0.29, 0.717) is 30.6 Å². The molecular formula is C29H36N2O4. The second-order valence-corrected chi connectivity index (χ2v) is 10.8. The van der Waals surface area contributed by atoms with Crippen LogP contribution in [0.3, 0.4) is 0 Å². The summed E-state index contributed by atoms with van der Waals surface area (Å²) in [7, 11) is 1.65. The molecule has 0 spiro atoms. The standard InChI is InChI=1S/C29H36N2O4/c1-18(2)19-7-9-21(10-8-19)24(25-15-14-23(20-11-12-20)27(30-25)34-6)17-22-13-16-26(32)31(22)28(33)35-29(3,4)5/h7-10,14-15,17-18,20,22H,11-13,16H2,1-6H3/b24-17-/t22-/m1/s1. The van der Waals surface area contributed by atoms with Crippen molar-refractivity contribution in [3.05, 3.63) is 64.9 Å². The van der Waals surface area contributed by atoms with Crippen molar-refractivity contribution in [2.24, 2.45) is 0 Å². The van der Waals surface area contributed by atoms with Crippen molar-refractivity contribution in [3.63, 3.8) is 0 Å². The van der Waals surface area contributed by atoms with Gasteiger partial charge in [0.15, 0.2) is 0 Å². The molecule has 1 aromatic heterocycles. The van der Waals surface area contributed by atoms with Gasteiger partial charge in [0.25, 0.3) is 0 Å². The summed E-state index contributed by atoms with van der Waals surface area (Å²) >= 11 is 0. The third kappa shape index (κ3) is 5.75. The third-order valence-corrected chi connectivity index (χ3v) is 6.47. The number of methoxy groups -OCH3 is 1. The third-order valence-electron chi connectivity index (χ3n) is 6.47. The lowest BCUT2D eigenvalue weighted by atomic mass is 9.95. The normalized spacial score (nSPS) is 18.8. The predicted octanol–water partition coefficient (Wildman–Crippen LogP) is 6.45. The van der Waals surface area contributed by atoms with E-state index in [2.05, 4.69) is 44.2 Å². The monoisotopic (exact) mass is 476 g/mol. The minimum absolute atomic E-state index is 0.218. The van der Waals surface area contributed by atoms with Gasteiger partial charge in [-0.25, -0.2) is 14.7 Å². The Kier molecular flexibility index (Phi) is 7.02. The zero-order valence-electron chi connectivity index (χ0n) is 21.6. The van der Waals surface area contributed by atoms with Crippen molar-refractivity contribution in [2.45, 2.75) is 83.8 Å². The van der Waals surface area contributed by atoms with E-state index in [4.69, 9.17) is 14.5 Å². The van der Waals surface area contributed by atoms with Gasteiger partial charge in [-0.15, -0.1) is 0 Å². The number of rotatable bonds is 6. The van der Waals surface area contributed by atoms with Crippen LogP contribution in [0.5, 0.6) is 5.88 Å². The summed E-state index contributed by atoms with van der Waals surface area (Å²) in [5.74, 6) is 1.35. The minimum Gasteiger partial charge on any atom is -0.481 e. The van der Waals surface area contributed by atoms with Gasteiger partial charge in [-0.05, 0) is 69.1 Å². The summed E-state index contributed by atoms with van der Waals surface area (Å²) < 4.78 is 11.2. The number of pyridine rings is 1. The molecule has 2 heterocycles. The Morgan fingerprint density at radius 1 is 1.09 bits per heavy atom. The molecular weight excluding hydrogens is 440 g/mol. The molecule has 1 aromatic carbocycles. The van der Waals surface area contributed by atoms with Gasteiger partial charge in [-0.2, -0.15) is 0 Å². The van der Waals surface area contributed by atoms with Gasteiger partial charge in [-0.1, -0.05) is 50.3 Å². The van der Waals surface area contributed by atoms with Crippen LogP contribution >= 0.6 is 0 Å². The molecule has 6 nitrogen and oxygen atoms in total. The van der Waals surface area contributed by atoms with E-state index in [1.165, 1.54) is 10.5 Å². The zero-order valence-corrected chi connectivity index (χ0v) is 21.6. The fraction of sp³-hybridized carbons (Fsp3) is 0.483. The van der Waals surface area contributed by atoms with Crippen LogP contribution in [0, 0.1) is 0 Å². The molecule has 4 rings (SSSR count). The molecule has 0 N–H and O–H groups in total.